The average molecular weight is 451 g/mol. The lowest BCUT2D eigenvalue weighted by Crippen LogP contribution is -2.48. The third-order valence-electron chi connectivity index (χ3n) is 4.80. The van der Waals surface area contributed by atoms with Gasteiger partial charge >= 0.3 is 6.03 Å². The number of nitrogens with one attached hydrogen (secondary N) is 4. The zero-order chi connectivity index (χ0) is 24.3. The summed E-state index contributed by atoms with van der Waals surface area (Å²) in [5.74, 6) is -0.493. The van der Waals surface area contributed by atoms with Gasteiger partial charge in [-0.1, -0.05) is 0 Å². The highest BCUT2D eigenvalue weighted by Gasteiger charge is 2.17. The van der Waals surface area contributed by atoms with Crippen molar-refractivity contribution < 1.29 is 19.4 Å². The molecule has 5 N–H and O–H groups in total. The van der Waals surface area contributed by atoms with Crippen LogP contribution in [0.2, 0.25) is 0 Å². The van der Waals surface area contributed by atoms with Gasteiger partial charge in [-0.2, -0.15) is 0 Å². The lowest BCUT2D eigenvalue weighted by molar-refractivity contribution is 0.0961. The number of aromatic nitrogens is 1. The van der Waals surface area contributed by atoms with Crippen LogP contribution in [0.15, 0.2) is 33.3 Å². The van der Waals surface area contributed by atoms with Crippen LogP contribution in [0.1, 0.15) is 29.8 Å². The summed E-state index contributed by atoms with van der Waals surface area (Å²) >= 11 is 0. The lowest BCUT2D eigenvalue weighted by atomic mass is 10.0. The Labute approximate surface area is 187 Å². The zero-order valence-corrected chi connectivity index (χ0v) is 19.5. The van der Waals surface area contributed by atoms with Crippen molar-refractivity contribution >= 4 is 17.6 Å². The number of aliphatic hydroxyl groups is 1. The molecule has 32 heavy (non-hydrogen) atoms. The van der Waals surface area contributed by atoms with Gasteiger partial charge in [0.15, 0.2) is 0 Å². The van der Waals surface area contributed by atoms with Gasteiger partial charge in [0.1, 0.15) is 5.56 Å². The molecule has 0 unspecified atom stereocenters. The van der Waals surface area contributed by atoms with E-state index in [4.69, 9.17) is 4.74 Å². The number of nitrogens with zero attached hydrogens (tertiary/aromatic N) is 2. The largest absolute Gasteiger partial charge is 0.394 e. The van der Waals surface area contributed by atoms with Gasteiger partial charge in [-0.05, 0) is 25.5 Å². The van der Waals surface area contributed by atoms with E-state index in [1.54, 1.807) is 41.2 Å². The van der Waals surface area contributed by atoms with Crippen molar-refractivity contribution in [2.45, 2.75) is 19.9 Å². The Morgan fingerprint density at radius 1 is 1.31 bits per heavy atom. The maximum Gasteiger partial charge on any atom is 0.319 e. The second kappa shape index (κ2) is 13.4. The summed E-state index contributed by atoms with van der Waals surface area (Å²) in [4.78, 5) is 41.0. The highest BCUT2D eigenvalue weighted by Crippen LogP contribution is 2.13. The summed E-state index contributed by atoms with van der Waals surface area (Å²) < 4.78 is 6.26. The van der Waals surface area contributed by atoms with Gasteiger partial charge in [-0.3, -0.25) is 14.6 Å². The second-order valence-electron chi connectivity index (χ2n) is 7.13. The minimum atomic E-state index is -0.493. The Kier molecular flexibility index (Phi) is 11.3. The molecular weight excluding hydrogens is 416 g/mol. The maximum absolute atomic E-state index is 12.4. The minimum Gasteiger partial charge on any atom is -0.394 e. The van der Waals surface area contributed by atoms with Gasteiger partial charge in [-0.25, -0.2) is 4.79 Å². The number of allylic oxidation sites excluding steroid dienone is 2. The van der Waals surface area contributed by atoms with Crippen LogP contribution in [0.4, 0.5) is 4.79 Å². The predicted molar refractivity (Wildman–Crippen MR) is 123 cm³/mol. The number of pyridine rings is 1. The number of hydrogen-bond donors (Lipinski definition) is 5. The molecule has 1 atom stereocenters. The number of hydrogen-bond acceptors (Lipinski definition) is 7. The molecule has 0 spiro atoms. The van der Waals surface area contributed by atoms with Gasteiger partial charge < -0.3 is 35.7 Å². The molecule has 0 fully saturated rings. The van der Waals surface area contributed by atoms with Crippen LogP contribution in [0.3, 0.4) is 0 Å². The van der Waals surface area contributed by atoms with Crippen molar-refractivity contribution in [1.82, 2.24) is 25.8 Å². The van der Waals surface area contributed by atoms with E-state index in [1.165, 1.54) is 17.7 Å². The van der Waals surface area contributed by atoms with Crippen LogP contribution < -0.4 is 26.8 Å². The summed E-state index contributed by atoms with van der Waals surface area (Å²) in [7, 11) is 6.19. The number of ether oxygens (including phenoxy) is 1. The van der Waals surface area contributed by atoms with E-state index in [0.717, 1.165) is 0 Å². The molecule has 0 saturated heterocycles. The molecule has 0 saturated carbocycles. The van der Waals surface area contributed by atoms with Gasteiger partial charge in [0, 0.05) is 58.8 Å². The highest BCUT2D eigenvalue weighted by atomic mass is 16.5. The first kappa shape index (κ1) is 27.0. The molecule has 1 rings (SSSR count). The number of aryl methyl sites for hydroxylation is 1. The van der Waals surface area contributed by atoms with Crippen LogP contribution in [-0.4, -0.2) is 80.9 Å². The fraction of sp³-hybridized carbons (Fsp3) is 0.524. The van der Waals surface area contributed by atoms with Gasteiger partial charge in [0.2, 0.25) is 0 Å². The average Bonchev–Trinajstić information content (AvgIpc) is 2.77. The molecule has 0 aromatic carbocycles. The highest BCUT2D eigenvalue weighted by molar-refractivity contribution is 6.13. The number of rotatable bonds is 11. The molecule has 11 heteroatoms. The Bertz CT molecular complexity index is 922. The number of carbonyl (C=O) groups excluding carboxylic acids is 2. The first-order valence-corrected chi connectivity index (χ1v) is 10.2. The molecule has 0 aliphatic carbocycles. The van der Waals surface area contributed by atoms with Crippen molar-refractivity contribution in [2.24, 2.45) is 12.0 Å². The van der Waals surface area contributed by atoms with Crippen molar-refractivity contribution in [3.63, 3.8) is 0 Å². The molecule has 0 aliphatic rings. The lowest BCUT2D eigenvalue weighted by Gasteiger charge is -2.19. The summed E-state index contributed by atoms with van der Waals surface area (Å²) in [6, 6.07) is 0.530. The second-order valence-corrected chi connectivity index (χ2v) is 7.13. The van der Waals surface area contributed by atoms with Crippen molar-refractivity contribution in [1.29, 1.82) is 0 Å². The monoisotopic (exact) mass is 450 g/mol. The number of urea groups is 1. The first-order valence-electron chi connectivity index (χ1n) is 10.2. The molecule has 1 aromatic heterocycles. The summed E-state index contributed by atoms with van der Waals surface area (Å²) in [6.07, 6.45) is 1.58. The Morgan fingerprint density at radius 2 is 2.00 bits per heavy atom. The summed E-state index contributed by atoms with van der Waals surface area (Å²) in [5.41, 5.74) is 1.84. The van der Waals surface area contributed by atoms with E-state index < -0.39 is 23.5 Å². The molecule has 0 radical (unpaired) electrons. The third kappa shape index (κ3) is 7.59. The number of carbonyl (C=O) groups is 2. The third-order valence-corrected chi connectivity index (χ3v) is 4.80. The van der Waals surface area contributed by atoms with E-state index in [9.17, 15) is 19.5 Å². The van der Waals surface area contributed by atoms with Crippen LogP contribution in [0.25, 0.3) is 0 Å². The van der Waals surface area contributed by atoms with Crippen LogP contribution in [-0.2, 0) is 11.8 Å². The van der Waals surface area contributed by atoms with Crippen molar-refractivity contribution in [3.05, 3.63) is 45.0 Å². The van der Waals surface area contributed by atoms with E-state index in [2.05, 4.69) is 26.3 Å². The molecular formula is C21H34N6O5. The van der Waals surface area contributed by atoms with E-state index >= 15 is 0 Å². The maximum atomic E-state index is 12.4. The molecule has 0 aliphatic heterocycles. The van der Waals surface area contributed by atoms with Crippen LogP contribution in [0, 0.1) is 0 Å². The quantitative estimate of drug-likeness (QED) is 0.224. The standard InChI is InChI=1S/C21H34N6O5/c1-13(14(2)25-21(31)26-16(12-28)10-24-7-8-32-6)18(22-3)15-9-17(19(29)23-4)20(30)27(5)11-15/h9,11,16,24,28H,7-8,10,12H2,1-6H3,(H,23,29)(H2,25,26,31)/b14-13+,22-18?/t16-/m1/s1. The van der Waals surface area contributed by atoms with Crippen LogP contribution in [0.5, 0.6) is 0 Å². The van der Waals surface area contributed by atoms with Gasteiger partial charge in [-0.15, -0.1) is 0 Å². The Balaban J connectivity index is 3.02. The van der Waals surface area contributed by atoms with Gasteiger partial charge in [0.05, 0.1) is 25.0 Å². The van der Waals surface area contributed by atoms with Gasteiger partial charge in [0.25, 0.3) is 11.5 Å². The van der Waals surface area contributed by atoms with Crippen LogP contribution >= 0.6 is 0 Å². The topological polar surface area (TPSA) is 146 Å². The van der Waals surface area contributed by atoms with E-state index in [1.807, 2.05) is 0 Å². The first-order chi connectivity index (χ1) is 15.2. The van der Waals surface area contributed by atoms with Crippen molar-refractivity contribution in [3.8, 4) is 0 Å². The molecule has 11 nitrogen and oxygen atoms in total. The fourth-order valence-corrected chi connectivity index (χ4v) is 2.93. The summed E-state index contributed by atoms with van der Waals surface area (Å²) in [6.45, 7) is 4.78. The zero-order valence-electron chi connectivity index (χ0n) is 19.5. The summed E-state index contributed by atoms with van der Waals surface area (Å²) in [5, 5.41) is 20.5. The minimum absolute atomic E-state index is 0.00318. The van der Waals surface area contributed by atoms with Crippen molar-refractivity contribution in [2.75, 3.05) is 47.5 Å². The van der Waals surface area contributed by atoms with E-state index in [0.29, 0.717) is 42.2 Å². The molecule has 0 bridgehead atoms. The molecule has 1 heterocycles. The molecule has 178 valence electrons. The number of aliphatic imine (C=N–C) groups is 1. The SMILES string of the molecule is CN=C(/C(C)=C(\C)NC(=O)N[C@@H](CO)CNCCOC)c1cc(C(=O)NC)c(=O)n(C)c1. The van der Waals surface area contributed by atoms with E-state index in [-0.39, 0.29) is 12.2 Å². The Morgan fingerprint density at radius 3 is 2.56 bits per heavy atom. The predicted octanol–water partition coefficient (Wildman–Crippen LogP) is -0.646. The number of methoxy groups -OCH3 is 1. The number of aliphatic hydroxyl groups excluding tert-OH is 1. The number of amides is 3. The molecule has 1 aromatic rings. The normalized spacial score (nSPS) is 13.3. The smallest absolute Gasteiger partial charge is 0.319 e. The Hall–Kier alpha value is -3.02. The fourth-order valence-electron chi connectivity index (χ4n) is 2.93. The molecule has 3 amide bonds.